The summed E-state index contributed by atoms with van der Waals surface area (Å²) in [5.74, 6) is -0.288. The molecule has 1 amide bonds. The van der Waals surface area contributed by atoms with Gasteiger partial charge in [0.15, 0.2) is 17.5 Å². The minimum atomic E-state index is -1.18. The summed E-state index contributed by atoms with van der Waals surface area (Å²) in [5.41, 5.74) is 1.24. The Morgan fingerprint density at radius 2 is 1.81 bits per heavy atom. The number of carbonyl (C=O) groups is 2. The van der Waals surface area contributed by atoms with Crippen molar-refractivity contribution in [1.29, 1.82) is 0 Å². The molecule has 6 nitrogen and oxygen atoms in total. The van der Waals surface area contributed by atoms with Gasteiger partial charge in [-0.05, 0) is 56.0 Å². The van der Waals surface area contributed by atoms with Crippen LogP contribution in [-0.4, -0.2) is 38.9 Å². The van der Waals surface area contributed by atoms with Crippen molar-refractivity contribution in [3.05, 3.63) is 64.6 Å². The van der Waals surface area contributed by atoms with E-state index in [9.17, 15) is 14.7 Å². The van der Waals surface area contributed by atoms with Crippen molar-refractivity contribution in [1.82, 2.24) is 4.90 Å². The number of unbranched alkanes of at least 4 members (excludes halogenated alkanes) is 4. The third kappa shape index (κ3) is 7.82. The molecule has 3 rings (SSSR count). The van der Waals surface area contributed by atoms with Crippen LogP contribution in [0.5, 0.6) is 11.5 Å². The number of nitrogens with zero attached hydrogens (tertiary/aromatic N) is 1. The molecule has 0 radical (unpaired) electrons. The van der Waals surface area contributed by atoms with Gasteiger partial charge in [0.25, 0.3) is 5.91 Å². The number of amides is 1. The van der Waals surface area contributed by atoms with Crippen LogP contribution in [0.1, 0.15) is 76.5 Å². The van der Waals surface area contributed by atoms with Crippen molar-refractivity contribution in [2.75, 3.05) is 6.61 Å². The Morgan fingerprint density at radius 3 is 2.49 bits per heavy atom. The molecule has 2 aromatic rings. The first-order valence-corrected chi connectivity index (χ1v) is 14.1. The number of rotatable bonds is 14. The van der Waals surface area contributed by atoms with Gasteiger partial charge < -0.3 is 14.6 Å². The van der Waals surface area contributed by atoms with Gasteiger partial charge in [0.1, 0.15) is 4.32 Å². The van der Waals surface area contributed by atoms with Crippen molar-refractivity contribution < 1.29 is 24.2 Å². The maximum Gasteiger partial charge on any atom is 0.331 e. The normalized spacial score (nSPS) is 16.2. The van der Waals surface area contributed by atoms with Gasteiger partial charge in [0, 0.05) is 0 Å². The third-order valence-electron chi connectivity index (χ3n) is 6.04. The van der Waals surface area contributed by atoms with Gasteiger partial charge in [0.2, 0.25) is 0 Å². The molecule has 1 saturated heterocycles. The van der Waals surface area contributed by atoms with Crippen LogP contribution in [-0.2, 0) is 9.59 Å². The molecule has 0 aromatic heterocycles. The van der Waals surface area contributed by atoms with Gasteiger partial charge in [-0.25, -0.2) is 4.79 Å². The van der Waals surface area contributed by atoms with E-state index < -0.39 is 17.9 Å². The van der Waals surface area contributed by atoms with E-state index in [0.29, 0.717) is 28.6 Å². The first-order chi connectivity index (χ1) is 17.8. The molecule has 1 aliphatic heterocycles. The minimum absolute atomic E-state index is 0.0638. The van der Waals surface area contributed by atoms with E-state index in [4.69, 9.17) is 21.7 Å². The number of thiocarbonyl (C=S) groups is 1. The van der Waals surface area contributed by atoms with E-state index in [1.165, 1.54) is 30.6 Å². The van der Waals surface area contributed by atoms with Gasteiger partial charge in [-0.3, -0.25) is 9.69 Å². The molecule has 0 aliphatic carbocycles. The Bertz CT molecular complexity index is 1120. The Labute approximate surface area is 229 Å². The lowest BCUT2D eigenvalue weighted by Gasteiger charge is -2.23. The lowest BCUT2D eigenvalue weighted by atomic mass is 10.1. The molecule has 0 saturated carbocycles. The van der Waals surface area contributed by atoms with E-state index in [1.54, 1.807) is 36.4 Å². The second kappa shape index (κ2) is 14.2. The van der Waals surface area contributed by atoms with E-state index in [2.05, 4.69) is 13.8 Å². The van der Waals surface area contributed by atoms with E-state index >= 15 is 0 Å². The average molecular weight is 542 g/mol. The number of aliphatic carboxylic acids is 1. The SMILES string of the molecule is CCCCCCC[C@H](C)Oc1ccc(/C=C2/SC(=S)N([C@H](C(=O)O)c3ccccc3)C2=O)cc1OCC. The summed E-state index contributed by atoms with van der Waals surface area (Å²) < 4.78 is 12.2. The summed E-state index contributed by atoms with van der Waals surface area (Å²) in [6, 6.07) is 13.0. The van der Waals surface area contributed by atoms with Gasteiger partial charge in [-0.1, -0.05) is 93.0 Å². The van der Waals surface area contributed by atoms with Crippen molar-refractivity contribution in [2.45, 2.75) is 71.4 Å². The van der Waals surface area contributed by atoms with Crippen LogP contribution in [0.15, 0.2) is 53.4 Å². The molecule has 198 valence electrons. The molecule has 2 aromatic carbocycles. The monoisotopic (exact) mass is 541 g/mol. The summed E-state index contributed by atoms with van der Waals surface area (Å²) in [4.78, 5) is 26.9. The second-order valence-electron chi connectivity index (χ2n) is 8.97. The van der Waals surface area contributed by atoms with Crippen LogP contribution in [0.25, 0.3) is 6.08 Å². The van der Waals surface area contributed by atoms with Crippen molar-refractivity contribution in [3.8, 4) is 11.5 Å². The fraction of sp³-hybridized carbons (Fsp3) is 0.414. The summed E-state index contributed by atoms with van der Waals surface area (Å²) in [6.45, 7) is 6.67. The summed E-state index contributed by atoms with van der Waals surface area (Å²) >= 11 is 6.52. The summed E-state index contributed by atoms with van der Waals surface area (Å²) in [6.07, 6.45) is 8.86. The molecule has 37 heavy (non-hydrogen) atoms. The van der Waals surface area contributed by atoms with Crippen molar-refractivity contribution in [3.63, 3.8) is 0 Å². The molecule has 0 bridgehead atoms. The Balaban J connectivity index is 1.76. The number of hydrogen-bond donors (Lipinski definition) is 1. The predicted molar refractivity (Wildman–Crippen MR) is 153 cm³/mol. The molecule has 1 aliphatic rings. The molecule has 1 fully saturated rings. The molecule has 8 heteroatoms. The predicted octanol–water partition coefficient (Wildman–Crippen LogP) is 7.24. The van der Waals surface area contributed by atoms with Crippen LogP contribution in [0.2, 0.25) is 0 Å². The number of carboxylic acid groups (broad SMARTS) is 1. The Morgan fingerprint density at radius 1 is 1.08 bits per heavy atom. The first-order valence-electron chi connectivity index (χ1n) is 12.8. The zero-order valence-corrected chi connectivity index (χ0v) is 23.3. The van der Waals surface area contributed by atoms with Gasteiger partial charge in [0.05, 0.1) is 17.6 Å². The first kappa shape index (κ1) is 28.7. The number of carbonyl (C=O) groups excluding carboxylic acids is 1. The number of hydrogen-bond acceptors (Lipinski definition) is 6. The minimum Gasteiger partial charge on any atom is -0.490 e. The van der Waals surface area contributed by atoms with Crippen LogP contribution < -0.4 is 9.47 Å². The van der Waals surface area contributed by atoms with Crippen LogP contribution in [0.3, 0.4) is 0 Å². The fourth-order valence-electron chi connectivity index (χ4n) is 4.18. The zero-order valence-electron chi connectivity index (χ0n) is 21.6. The van der Waals surface area contributed by atoms with Crippen LogP contribution >= 0.6 is 24.0 Å². The smallest absolute Gasteiger partial charge is 0.331 e. The summed E-state index contributed by atoms with van der Waals surface area (Å²) in [7, 11) is 0. The number of benzene rings is 2. The third-order valence-corrected chi connectivity index (χ3v) is 7.37. The quantitative estimate of drug-likeness (QED) is 0.153. The van der Waals surface area contributed by atoms with E-state index in [0.717, 1.165) is 30.2 Å². The lowest BCUT2D eigenvalue weighted by Crippen LogP contribution is -2.37. The Kier molecular flexibility index (Phi) is 11.0. The topological polar surface area (TPSA) is 76.1 Å². The van der Waals surface area contributed by atoms with Crippen molar-refractivity contribution in [2.24, 2.45) is 0 Å². The highest BCUT2D eigenvalue weighted by Crippen LogP contribution is 2.39. The van der Waals surface area contributed by atoms with Crippen LogP contribution in [0, 0.1) is 0 Å². The van der Waals surface area contributed by atoms with E-state index in [1.807, 2.05) is 25.1 Å². The van der Waals surface area contributed by atoms with Crippen LogP contribution in [0.4, 0.5) is 0 Å². The highest BCUT2D eigenvalue weighted by molar-refractivity contribution is 8.26. The average Bonchev–Trinajstić information content (AvgIpc) is 3.14. The number of thioether (sulfide) groups is 1. The fourth-order valence-corrected chi connectivity index (χ4v) is 5.50. The molecular weight excluding hydrogens is 506 g/mol. The largest absolute Gasteiger partial charge is 0.490 e. The maximum absolute atomic E-state index is 13.3. The highest BCUT2D eigenvalue weighted by Gasteiger charge is 2.41. The number of carboxylic acids is 1. The molecule has 0 spiro atoms. The van der Waals surface area contributed by atoms with Gasteiger partial charge in [-0.15, -0.1) is 0 Å². The van der Waals surface area contributed by atoms with Crippen molar-refractivity contribution >= 4 is 46.3 Å². The maximum atomic E-state index is 13.3. The highest BCUT2D eigenvalue weighted by atomic mass is 32.2. The Hall–Kier alpha value is -2.84. The van der Waals surface area contributed by atoms with Gasteiger partial charge >= 0.3 is 5.97 Å². The molecule has 0 unspecified atom stereocenters. The van der Waals surface area contributed by atoms with E-state index in [-0.39, 0.29) is 10.4 Å². The standard InChI is InChI=1S/C29H35NO5S2/c1-4-6-7-8-10-13-20(3)35-23-17-16-21(18-24(23)34-5-2)19-25-27(31)30(29(36)37-25)26(28(32)33)22-14-11-9-12-15-22/h9,11-12,14-20,26H,4-8,10,13H2,1-3H3,(H,32,33)/b25-19+/t20-,26-/m0/s1. The van der Waals surface area contributed by atoms with Gasteiger partial charge in [-0.2, -0.15) is 0 Å². The molecular formula is C29H35NO5S2. The molecule has 1 N–H and O–H groups in total. The zero-order chi connectivity index (χ0) is 26.8. The lowest BCUT2D eigenvalue weighted by molar-refractivity contribution is -0.145. The molecule has 1 heterocycles. The molecule has 2 atom stereocenters. The summed E-state index contributed by atoms with van der Waals surface area (Å²) in [5, 5.41) is 9.88. The number of ether oxygens (including phenoxy) is 2. The second-order valence-corrected chi connectivity index (χ2v) is 10.6.